The molecule has 8 nitrogen and oxygen atoms in total. The summed E-state index contributed by atoms with van der Waals surface area (Å²) in [4.78, 5) is 37.5. The molecule has 0 saturated carbocycles. The number of fused-ring (bicyclic) bond motifs is 2. The third kappa shape index (κ3) is 4.62. The number of carbonyl (C=O) groups is 2. The van der Waals surface area contributed by atoms with E-state index in [0.29, 0.717) is 38.0 Å². The lowest BCUT2D eigenvalue weighted by atomic mass is 10.0. The summed E-state index contributed by atoms with van der Waals surface area (Å²) in [6, 6.07) is 14.0. The molecule has 5 heterocycles. The number of nitrogens with two attached hydrogens (primary N) is 1. The number of anilines is 1. The van der Waals surface area contributed by atoms with Gasteiger partial charge in [-0.1, -0.05) is 18.2 Å². The largest absolute Gasteiger partial charge is 0.365 e. The molecule has 212 valence electrons. The van der Waals surface area contributed by atoms with Crippen molar-refractivity contribution in [2.75, 3.05) is 5.32 Å². The van der Waals surface area contributed by atoms with Crippen molar-refractivity contribution in [2.24, 2.45) is 12.8 Å². The summed E-state index contributed by atoms with van der Waals surface area (Å²) in [5.74, 6) is -1.32. The molecule has 6 aromatic rings. The van der Waals surface area contributed by atoms with Crippen molar-refractivity contribution < 1.29 is 18.4 Å². The van der Waals surface area contributed by atoms with Crippen molar-refractivity contribution in [1.82, 2.24) is 19.7 Å². The van der Waals surface area contributed by atoms with E-state index < -0.39 is 23.9 Å². The van der Waals surface area contributed by atoms with Gasteiger partial charge in [0, 0.05) is 44.4 Å². The van der Waals surface area contributed by atoms with E-state index >= 15 is 0 Å². The molecule has 3 N–H and O–H groups in total. The number of pyridine rings is 2. The van der Waals surface area contributed by atoms with Gasteiger partial charge in [-0.15, -0.1) is 22.7 Å². The van der Waals surface area contributed by atoms with Gasteiger partial charge in [-0.2, -0.15) is 5.10 Å². The average molecular weight is 603 g/mol. The number of hydrogen-bond donors (Lipinski definition) is 2. The van der Waals surface area contributed by atoms with E-state index in [1.807, 2.05) is 58.2 Å². The van der Waals surface area contributed by atoms with Crippen LogP contribution < -0.4 is 11.1 Å². The van der Waals surface area contributed by atoms with Crippen molar-refractivity contribution in [2.45, 2.75) is 27.2 Å². The number of para-hydroxylation sites is 1. The topological polar surface area (TPSA) is 116 Å². The molecule has 6 rings (SSSR count). The van der Waals surface area contributed by atoms with Gasteiger partial charge in [0.2, 0.25) is 0 Å². The molecular weight excluding hydrogens is 579 g/mol. The zero-order valence-electron chi connectivity index (χ0n) is 23.0. The number of nitrogens with one attached hydrogen (secondary N) is 1. The summed E-state index contributed by atoms with van der Waals surface area (Å²) in [6.45, 7) is 5.71. The zero-order valence-corrected chi connectivity index (χ0v) is 24.6. The molecule has 0 aliphatic carbocycles. The number of rotatable bonds is 6. The number of hydrogen-bond acceptors (Lipinski definition) is 7. The molecule has 42 heavy (non-hydrogen) atoms. The van der Waals surface area contributed by atoms with Crippen LogP contribution in [0.2, 0.25) is 0 Å². The Bertz CT molecular complexity index is 2060. The molecule has 0 bridgehead atoms. The summed E-state index contributed by atoms with van der Waals surface area (Å²) in [7, 11) is 1.84. The van der Waals surface area contributed by atoms with Crippen LogP contribution in [0.15, 0.2) is 48.5 Å². The third-order valence-corrected chi connectivity index (χ3v) is 9.23. The first-order chi connectivity index (χ1) is 20.0. The van der Waals surface area contributed by atoms with Gasteiger partial charge < -0.3 is 11.1 Å². The lowest BCUT2D eigenvalue weighted by Gasteiger charge is -2.13. The van der Waals surface area contributed by atoms with Gasteiger partial charge in [0.25, 0.3) is 18.2 Å². The second-order valence-electron chi connectivity index (χ2n) is 9.85. The highest BCUT2D eigenvalue weighted by molar-refractivity contribution is 7.21. The first kappa shape index (κ1) is 27.6. The normalized spacial score (nSPS) is 11.6. The molecule has 1 aromatic carbocycles. The van der Waals surface area contributed by atoms with E-state index in [-0.39, 0.29) is 15.4 Å². The molecule has 0 fully saturated rings. The standard InChI is InChI=1S/C30H24F2N6O2S2/c1-13-9-10-22(41-13)18-12-21(27(31)32)35-30-24(18)25(26(42-30)28(33)39)36-29(40)17-11-20(23-14(2)37-38(4)15(23)3)34-19-8-6-5-7-16(17)19/h5-12,27H,1-4H3,(H2,33,39)(H,36,40). The van der Waals surface area contributed by atoms with Gasteiger partial charge in [-0.25, -0.2) is 18.7 Å². The molecule has 0 unspecified atom stereocenters. The van der Waals surface area contributed by atoms with Gasteiger partial charge in [0.05, 0.1) is 28.2 Å². The van der Waals surface area contributed by atoms with Gasteiger partial charge >= 0.3 is 0 Å². The first-order valence-corrected chi connectivity index (χ1v) is 14.5. The van der Waals surface area contributed by atoms with E-state index in [1.165, 1.54) is 17.4 Å². The SMILES string of the molecule is Cc1ccc(-c2cc(C(F)F)nc3sc(C(N)=O)c(NC(=O)c4cc(-c5c(C)nn(C)c5C)nc5ccccc45)c23)s1. The van der Waals surface area contributed by atoms with Crippen LogP contribution in [0.3, 0.4) is 0 Å². The minimum absolute atomic E-state index is 0.0179. The van der Waals surface area contributed by atoms with Crippen molar-refractivity contribution in [3.05, 3.63) is 80.9 Å². The highest BCUT2D eigenvalue weighted by Gasteiger charge is 2.27. The maximum Gasteiger partial charge on any atom is 0.280 e. The second kappa shape index (κ2) is 10.4. The van der Waals surface area contributed by atoms with Crippen LogP contribution >= 0.6 is 22.7 Å². The maximum absolute atomic E-state index is 14.1. The van der Waals surface area contributed by atoms with Crippen LogP contribution in [0.25, 0.3) is 42.8 Å². The van der Waals surface area contributed by atoms with E-state index in [2.05, 4.69) is 15.4 Å². The molecule has 0 aliphatic heterocycles. The van der Waals surface area contributed by atoms with Crippen LogP contribution in [0.4, 0.5) is 14.5 Å². The number of amides is 2. The predicted octanol–water partition coefficient (Wildman–Crippen LogP) is 7.19. The fourth-order valence-electron chi connectivity index (χ4n) is 5.11. The number of thiophene rings is 2. The number of nitrogens with zero attached hydrogens (tertiary/aromatic N) is 4. The Labute approximate surface area is 246 Å². The van der Waals surface area contributed by atoms with E-state index in [1.54, 1.807) is 16.8 Å². The smallest absolute Gasteiger partial charge is 0.280 e. The Balaban J connectivity index is 1.56. The van der Waals surface area contributed by atoms with Crippen LogP contribution in [-0.2, 0) is 7.05 Å². The Kier molecular flexibility index (Phi) is 6.82. The first-order valence-electron chi connectivity index (χ1n) is 12.9. The lowest BCUT2D eigenvalue weighted by molar-refractivity contribution is 0.100. The van der Waals surface area contributed by atoms with Crippen LogP contribution in [-0.4, -0.2) is 31.6 Å². The van der Waals surface area contributed by atoms with Crippen molar-refractivity contribution in [3.8, 4) is 21.7 Å². The molecular formula is C30H24F2N6O2S2. The molecule has 0 saturated heterocycles. The van der Waals surface area contributed by atoms with Crippen LogP contribution in [0.5, 0.6) is 0 Å². The lowest BCUT2D eigenvalue weighted by Crippen LogP contribution is -2.17. The van der Waals surface area contributed by atoms with Crippen molar-refractivity contribution in [3.63, 3.8) is 0 Å². The molecule has 0 spiro atoms. The van der Waals surface area contributed by atoms with Gasteiger partial charge in [0.15, 0.2) is 0 Å². The third-order valence-electron chi connectivity index (χ3n) is 7.10. The Morgan fingerprint density at radius 3 is 2.43 bits per heavy atom. The maximum atomic E-state index is 14.1. The van der Waals surface area contributed by atoms with Gasteiger partial charge in [-0.05, 0) is 51.1 Å². The van der Waals surface area contributed by atoms with E-state index in [4.69, 9.17) is 10.7 Å². The molecule has 0 radical (unpaired) electrons. The Morgan fingerprint density at radius 2 is 1.79 bits per heavy atom. The number of aromatic nitrogens is 4. The van der Waals surface area contributed by atoms with Crippen molar-refractivity contribution in [1.29, 1.82) is 0 Å². The summed E-state index contributed by atoms with van der Waals surface area (Å²) in [5, 5.41) is 8.38. The van der Waals surface area contributed by atoms with Crippen LogP contribution in [0, 0.1) is 20.8 Å². The van der Waals surface area contributed by atoms with E-state index in [9.17, 15) is 18.4 Å². The highest BCUT2D eigenvalue weighted by Crippen LogP contribution is 2.44. The van der Waals surface area contributed by atoms with Crippen molar-refractivity contribution >= 4 is 61.3 Å². The summed E-state index contributed by atoms with van der Waals surface area (Å²) in [6.07, 6.45) is -2.83. The molecule has 0 aliphatic rings. The number of primary amides is 1. The molecule has 12 heteroatoms. The predicted molar refractivity (Wildman–Crippen MR) is 163 cm³/mol. The molecule has 2 amide bonds. The monoisotopic (exact) mass is 602 g/mol. The van der Waals surface area contributed by atoms with E-state index in [0.717, 1.165) is 33.2 Å². The summed E-state index contributed by atoms with van der Waals surface area (Å²) < 4.78 is 29.5. The fourth-order valence-corrected chi connectivity index (χ4v) is 7.02. The number of benzene rings is 1. The number of aryl methyl sites for hydroxylation is 3. The number of alkyl halides is 2. The Hall–Kier alpha value is -4.55. The molecule has 0 atom stereocenters. The quantitative estimate of drug-likeness (QED) is 0.209. The minimum Gasteiger partial charge on any atom is -0.365 e. The van der Waals surface area contributed by atoms with Gasteiger partial charge in [-0.3, -0.25) is 14.3 Å². The van der Waals surface area contributed by atoms with Crippen LogP contribution in [0.1, 0.15) is 48.4 Å². The van der Waals surface area contributed by atoms with Gasteiger partial charge in [0.1, 0.15) is 15.4 Å². The highest BCUT2D eigenvalue weighted by atomic mass is 32.1. The number of carbonyl (C=O) groups excluding carboxylic acids is 2. The fraction of sp³-hybridized carbons (Fsp3) is 0.167. The second-order valence-corrected chi connectivity index (χ2v) is 12.1. The average Bonchev–Trinajstić information content (AvgIpc) is 3.62. The summed E-state index contributed by atoms with van der Waals surface area (Å²) >= 11 is 2.28. The minimum atomic E-state index is -2.83. The Morgan fingerprint density at radius 1 is 1.02 bits per heavy atom. The zero-order chi connectivity index (χ0) is 29.9. The number of halogens is 2. The summed E-state index contributed by atoms with van der Waals surface area (Å²) in [5.41, 5.74) is 9.85. The molecule has 5 aromatic heterocycles.